The first kappa shape index (κ1) is 12.6. The number of rotatable bonds is 4. The highest BCUT2D eigenvalue weighted by Crippen LogP contribution is 2.17. The molecule has 15 heavy (non-hydrogen) atoms. The van der Waals surface area contributed by atoms with Gasteiger partial charge < -0.3 is 10.5 Å². The maximum Gasteiger partial charge on any atom is 0.137 e. The molecule has 1 aromatic rings. The van der Waals surface area contributed by atoms with Gasteiger partial charge in [-0.3, -0.25) is 0 Å². The van der Waals surface area contributed by atoms with Gasteiger partial charge in [-0.25, -0.2) is 4.39 Å². The van der Waals surface area contributed by atoms with Crippen LogP contribution in [0.3, 0.4) is 0 Å². The highest BCUT2D eigenvalue weighted by molar-refractivity contribution is 9.10. The number of benzene rings is 1. The maximum atomic E-state index is 12.9. The zero-order valence-electron chi connectivity index (χ0n) is 8.89. The first-order valence-corrected chi connectivity index (χ1v) is 5.48. The van der Waals surface area contributed by atoms with E-state index in [-0.39, 0.29) is 11.4 Å². The second-order valence-electron chi connectivity index (χ2n) is 4.23. The molecule has 0 spiro atoms. The second-order valence-corrected chi connectivity index (χ2v) is 5.08. The zero-order valence-corrected chi connectivity index (χ0v) is 10.5. The second kappa shape index (κ2) is 5.05. The molecular formula is C11H15BrFNO. The molecule has 0 heterocycles. The lowest BCUT2D eigenvalue weighted by Crippen LogP contribution is -2.37. The summed E-state index contributed by atoms with van der Waals surface area (Å²) in [7, 11) is 0. The van der Waals surface area contributed by atoms with E-state index in [9.17, 15) is 4.39 Å². The Kier molecular flexibility index (Phi) is 4.25. The SMILES string of the molecule is CC(C)(N)COCc1ccc(F)c(Br)c1. The van der Waals surface area contributed by atoms with Crippen molar-refractivity contribution >= 4 is 15.9 Å². The van der Waals surface area contributed by atoms with Crippen LogP contribution in [0.2, 0.25) is 0 Å². The van der Waals surface area contributed by atoms with Crippen LogP contribution >= 0.6 is 15.9 Å². The van der Waals surface area contributed by atoms with E-state index in [1.165, 1.54) is 6.07 Å². The highest BCUT2D eigenvalue weighted by atomic mass is 79.9. The predicted octanol–water partition coefficient (Wildman–Crippen LogP) is 2.84. The topological polar surface area (TPSA) is 35.2 Å². The molecule has 0 fully saturated rings. The number of ether oxygens (including phenoxy) is 1. The quantitative estimate of drug-likeness (QED) is 0.917. The Morgan fingerprint density at radius 2 is 2.13 bits per heavy atom. The number of nitrogens with two attached hydrogens (primary N) is 1. The fourth-order valence-corrected chi connectivity index (χ4v) is 1.49. The number of hydrogen-bond donors (Lipinski definition) is 1. The van der Waals surface area contributed by atoms with Gasteiger partial charge in [-0.15, -0.1) is 0 Å². The molecule has 0 saturated heterocycles. The molecule has 0 aliphatic heterocycles. The average molecular weight is 276 g/mol. The molecule has 4 heteroatoms. The molecule has 1 aromatic carbocycles. The third-order valence-electron chi connectivity index (χ3n) is 1.73. The van der Waals surface area contributed by atoms with Crippen LogP contribution in [0.1, 0.15) is 19.4 Å². The van der Waals surface area contributed by atoms with E-state index >= 15 is 0 Å². The third-order valence-corrected chi connectivity index (χ3v) is 2.33. The minimum atomic E-state index is -0.336. The van der Waals surface area contributed by atoms with Gasteiger partial charge in [-0.1, -0.05) is 6.07 Å². The molecule has 0 unspecified atom stereocenters. The Hall–Kier alpha value is -0.450. The number of halogens is 2. The fourth-order valence-electron chi connectivity index (χ4n) is 1.06. The van der Waals surface area contributed by atoms with Crippen molar-refractivity contribution < 1.29 is 9.13 Å². The average Bonchev–Trinajstić information content (AvgIpc) is 2.09. The van der Waals surface area contributed by atoms with Gasteiger partial charge in [0, 0.05) is 5.54 Å². The molecule has 0 aromatic heterocycles. The van der Waals surface area contributed by atoms with Crippen LogP contribution < -0.4 is 5.73 Å². The number of hydrogen-bond acceptors (Lipinski definition) is 2. The monoisotopic (exact) mass is 275 g/mol. The van der Waals surface area contributed by atoms with Gasteiger partial charge >= 0.3 is 0 Å². The van der Waals surface area contributed by atoms with Crippen molar-refractivity contribution in [2.24, 2.45) is 5.73 Å². The summed E-state index contributed by atoms with van der Waals surface area (Å²) in [6, 6.07) is 4.82. The molecular weight excluding hydrogens is 261 g/mol. The minimum Gasteiger partial charge on any atom is -0.375 e. The Morgan fingerprint density at radius 3 is 2.67 bits per heavy atom. The van der Waals surface area contributed by atoms with Crippen molar-refractivity contribution in [3.63, 3.8) is 0 Å². The van der Waals surface area contributed by atoms with Gasteiger partial charge in [0.2, 0.25) is 0 Å². The molecule has 0 aliphatic rings. The Balaban J connectivity index is 2.48. The molecule has 1 rings (SSSR count). The molecule has 0 bridgehead atoms. The van der Waals surface area contributed by atoms with Gasteiger partial charge in [0.05, 0.1) is 17.7 Å². The highest BCUT2D eigenvalue weighted by Gasteiger charge is 2.10. The van der Waals surface area contributed by atoms with E-state index in [0.29, 0.717) is 17.7 Å². The van der Waals surface area contributed by atoms with Crippen molar-refractivity contribution in [2.75, 3.05) is 6.61 Å². The molecule has 84 valence electrons. The van der Waals surface area contributed by atoms with E-state index in [1.807, 2.05) is 13.8 Å². The van der Waals surface area contributed by atoms with Crippen LogP contribution in [-0.4, -0.2) is 12.1 Å². The van der Waals surface area contributed by atoms with Crippen LogP contribution in [0.15, 0.2) is 22.7 Å². The third kappa shape index (κ3) is 4.73. The van der Waals surface area contributed by atoms with Gasteiger partial charge in [0.25, 0.3) is 0 Å². The van der Waals surface area contributed by atoms with E-state index in [2.05, 4.69) is 15.9 Å². The van der Waals surface area contributed by atoms with Crippen LogP contribution in [0.4, 0.5) is 4.39 Å². The lowest BCUT2D eigenvalue weighted by atomic mass is 10.1. The molecule has 0 aliphatic carbocycles. The van der Waals surface area contributed by atoms with Crippen LogP contribution in [0.25, 0.3) is 0 Å². The van der Waals surface area contributed by atoms with E-state index in [1.54, 1.807) is 12.1 Å². The maximum absolute atomic E-state index is 12.9. The van der Waals surface area contributed by atoms with Crippen molar-refractivity contribution in [2.45, 2.75) is 26.0 Å². The summed E-state index contributed by atoms with van der Waals surface area (Å²) >= 11 is 3.12. The summed E-state index contributed by atoms with van der Waals surface area (Å²) in [6.07, 6.45) is 0. The van der Waals surface area contributed by atoms with Gasteiger partial charge in [-0.2, -0.15) is 0 Å². The molecule has 2 N–H and O–H groups in total. The summed E-state index contributed by atoms with van der Waals surface area (Å²) in [4.78, 5) is 0. The first-order chi connectivity index (χ1) is 6.88. The standard InChI is InChI=1S/C11H15BrFNO/c1-11(2,14)7-15-6-8-3-4-10(13)9(12)5-8/h3-5H,6-7,14H2,1-2H3. The van der Waals surface area contributed by atoms with Crippen molar-refractivity contribution in [1.29, 1.82) is 0 Å². The van der Waals surface area contributed by atoms with Crippen LogP contribution in [0, 0.1) is 5.82 Å². The van der Waals surface area contributed by atoms with E-state index < -0.39 is 0 Å². The lowest BCUT2D eigenvalue weighted by molar-refractivity contribution is 0.0850. The van der Waals surface area contributed by atoms with Crippen LogP contribution in [0.5, 0.6) is 0 Å². The Bertz CT molecular complexity index is 336. The van der Waals surface area contributed by atoms with Gasteiger partial charge in [-0.05, 0) is 47.5 Å². The predicted molar refractivity (Wildman–Crippen MR) is 62.0 cm³/mol. The summed E-state index contributed by atoms with van der Waals surface area (Å²) in [5.41, 5.74) is 6.35. The molecule has 0 amide bonds. The minimum absolute atomic E-state index is 0.266. The van der Waals surface area contributed by atoms with E-state index in [0.717, 1.165) is 5.56 Å². The molecule has 2 nitrogen and oxygen atoms in total. The van der Waals surface area contributed by atoms with Crippen molar-refractivity contribution in [1.82, 2.24) is 0 Å². The summed E-state index contributed by atoms with van der Waals surface area (Å²) in [5.74, 6) is -0.266. The lowest BCUT2D eigenvalue weighted by Gasteiger charge is -2.18. The Morgan fingerprint density at radius 1 is 1.47 bits per heavy atom. The largest absolute Gasteiger partial charge is 0.375 e. The smallest absolute Gasteiger partial charge is 0.137 e. The van der Waals surface area contributed by atoms with Gasteiger partial charge in [0.15, 0.2) is 0 Å². The fraction of sp³-hybridized carbons (Fsp3) is 0.455. The zero-order chi connectivity index (χ0) is 11.5. The molecule has 0 atom stereocenters. The first-order valence-electron chi connectivity index (χ1n) is 4.69. The van der Waals surface area contributed by atoms with Crippen molar-refractivity contribution in [3.05, 3.63) is 34.1 Å². The summed E-state index contributed by atoms with van der Waals surface area (Å²) in [5, 5.41) is 0. The normalized spacial score (nSPS) is 11.8. The summed E-state index contributed by atoms with van der Waals surface area (Å²) < 4.78 is 18.8. The van der Waals surface area contributed by atoms with Gasteiger partial charge in [0.1, 0.15) is 5.82 Å². The summed E-state index contributed by atoms with van der Waals surface area (Å²) in [6.45, 7) is 4.71. The van der Waals surface area contributed by atoms with Crippen molar-refractivity contribution in [3.8, 4) is 0 Å². The van der Waals surface area contributed by atoms with E-state index in [4.69, 9.17) is 10.5 Å². The molecule has 0 radical (unpaired) electrons. The van der Waals surface area contributed by atoms with Crippen LogP contribution in [-0.2, 0) is 11.3 Å². The molecule has 0 saturated carbocycles. The Labute approximate surface area is 97.7 Å².